The number of nitrogens with one attached hydrogen (secondary N) is 1. The van der Waals surface area contributed by atoms with Gasteiger partial charge < -0.3 is 5.73 Å². The molecule has 4 nitrogen and oxygen atoms in total. The second kappa shape index (κ2) is 5.42. The summed E-state index contributed by atoms with van der Waals surface area (Å²) in [7, 11) is -3.52. The molecule has 0 saturated heterocycles. The molecule has 0 heterocycles. The molecule has 0 aliphatic heterocycles. The molecule has 1 aromatic rings. The minimum absolute atomic E-state index is 0.0832. The van der Waals surface area contributed by atoms with E-state index in [2.05, 4.69) is 27.6 Å². The Morgan fingerprint density at radius 3 is 2.63 bits per heavy atom. The molecule has 0 aromatic heterocycles. The molecule has 19 heavy (non-hydrogen) atoms. The lowest BCUT2D eigenvalue weighted by atomic mass is 9.89. The Morgan fingerprint density at radius 1 is 1.37 bits per heavy atom. The number of halogens is 1. The molecular formula is C13H19BrN2O2S. The normalized spacial score (nSPS) is 18.6. The van der Waals surface area contributed by atoms with Crippen LogP contribution < -0.4 is 10.5 Å². The fourth-order valence-electron chi connectivity index (χ4n) is 2.48. The minimum Gasteiger partial charge on any atom is -0.399 e. The number of rotatable bonds is 4. The minimum atomic E-state index is -3.52. The van der Waals surface area contributed by atoms with Gasteiger partial charge in [-0.2, -0.15) is 0 Å². The molecule has 106 valence electrons. The average Bonchev–Trinajstić information content (AvgIpc) is 2.78. The lowest BCUT2D eigenvalue weighted by Gasteiger charge is -2.23. The van der Waals surface area contributed by atoms with Crippen LogP contribution in [0.1, 0.15) is 32.6 Å². The molecule has 1 aliphatic rings. The third-order valence-corrected chi connectivity index (χ3v) is 6.14. The van der Waals surface area contributed by atoms with Gasteiger partial charge in [0.25, 0.3) is 0 Å². The van der Waals surface area contributed by atoms with Crippen molar-refractivity contribution in [1.29, 1.82) is 0 Å². The molecule has 0 unspecified atom stereocenters. The monoisotopic (exact) mass is 346 g/mol. The molecular weight excluding hydrogens is 328 g/mol. The molecule has 1 aliphatic carbocycles. The summed E-state index contributed by atoms with van der Waals surface area (Å²) in [5.41, 5.74) is 6.18. The van der Waals surface area contributed by atoms with Crippen LogP contribution in [0, 0.1) is 5.41 Å². The first kappa shape index (κ1) is 14.8. The van der Waals surface area contributed by atoms with Crippen molar-refractivity contribution in [3.05, 3.63) is 22.7 Å². The average molecular weight is 347 g/mol. The quantitative estimate of drug-likeness (QED) is 0.823. The van der Waals surface area contributed by atoms with Crippen molar-refractivity contribution in [2.45, 2.75) is 37.5 Å². The summed E-state index contributed by atoms with van der Waals surface area (Å²) < 4.78 is 27.9. The predicted molar refractivity (Wildman–Crippen MR) is 80.3 cm³/mol. The molecule has 3 N–H and O–H groups in total. The second-order valence-corrected chi connectivity index (χ2v) is 8.12. The predicted octanol–water partition coefficient (Wildman–Crippen LogP) is 2.89. The van der Waals surface area contributed by atoms with Gasteiger partial charge in [0.05, 0.1) is 4.90 Å². The van der Waals surface area contributed by atoms with Gasteiger partial charge in [0.1, 0.15) is 0 Å². The summed E-state index contributed by atoms with van der Waals surface area (Å²) in [5, 5.41) is 0. The summed E-state index contributed by atoms with van der Waals surface area (Å²) in [6.07, 6.45) is 4.52. The zero-order valence-corrected chi connectivity index (χ0v) is 13.4. The van der Waals surface area contributed by atoms with Gasteiger partial charge in [-0.25, -0.2) is 13.1 Å². The molecule has 0 amide bonds. The van der Waals surface area contributed by atoms with Gasteiger partial charge in [-0.05, 0) is 52.4 Å². The SMILES string of the molecule is CC1(CNS(=O)(=O)c2cc(N)ccc2Br)CCCC1. The Labute approximate surface area is 122 Å². The van der Waals surface area contributed by atoms with Crippen molar-refractivity contribution >= 4 is 31.6 Å². The summed E-state index contributed by atoms with van der Waals surface area (Å²) >= 11 is 3.26. The number of nitrogens with two attached hydrogens (primary N) is 1. The molecule has 1 saturated carbocycles. The Morgan fingerprint density at radius 2 is 2.00 bits per heavy atom. The zero-order valence-electron chi connectivity index (χ0n) is 10.9. The van der Waals surface area contributed by atoms with Crippen LogP contribution >= 0.6 is 15.9 Å². The fourth-order valence-corrected chi connectivity index (χ4v) is 4.67. The first-order valence-electron chi connectivity index (χ1n) is 6.37. The Bertz CT molecular complexity index is 566. The molecule has 0 spiro atoms. The van der Waals surface area contributed by atoms with Crippen LogP contribution in [0.25, 0.3) is 0 Å². The third-order valence-electron chi connectivity index (χ3n) is 3.74. The number of hydrogen-bond acceptors (Lipinski definition) is 3. The number of anilines is 1. The maximum absolute atomic E-state index is 12.3. The zero-order chi connectivity index (χ0) is 14.1. The van der Waals surface area contributed by atoms with Crippen LogP contribution in [0.4, 0.5) is 5.69 Å². The molecule has 0 radical (unpaired) electrons. The lowest BCUT2D eigenvalue weighted by Crippen LogP contribution is -2.34. The van der Waals surface area contributed by atoms with Crippen molar-refractivity contribution < 1.29 is 8.42 Å². The van der Waals surface area contributed by atoms with Crippen LogP contribution in [-0.4, -0.2) is 15.0 Å². The van der Waals surface area contributed by atoms with E-state index in [1.165, 1.54) is 18.9 Å². The lowest BCUT2D eigenvalue weighted by molar-refractivity contribution is 0.336. The molecule has 1 aromatic carbocycles. The van der Waals surface area contributed by atoms with Crippen LogP contribution in [0.15, 0.2) is 27.6 Å². The van der Waals surface area contributed by atoms with Crippen molar-refractivity contribution in [3.63, 3.8) is 0 Å². The summed E-state index contributed by atoms with van der Waals surface area (Å²) in [6.45, 7) is 2.62. The second-order valence-electron chi connectivity index (χ2n) is 5.53. The number of benzene rings is 1. The van der Waals surface area contributed by atoms with Gasteiger partial charge in [0.2, 0.25) is 10.0 Å². The van der Waals surface area contributed by atoms with Crippen LogP contribution in [0.5, 0.6) is 0 Å². The van der Waals surface area contributed by atoms with E-state index in [0.717, 1.165) is 12.8 Å². The molecule has 0 bridgehead atoms. The van der Waals surface area contributed by atoms with E-state index in [1.54, 1.807) is 12.1 Å². The number of sulfonamides is 1. The van der Waals surface area contributed by atoms with E-state index >= 15 is 0 Å². The van der Waals surface area contributed by atoms with Crippen LogP contribution in [0.2, 0.25) is 0 Å². The van der Waals surface area contributed by atoms with E-state index in [4.69, 9.17) is 5.73 Å². The van der Waals surface area contributed by atoms with E-state index in [9.17, 15) is 8.42 Å². The molecule has 1 fully saturated rings. The maximum atomic E-state index is 12.3. The molecule has 0 atom stereocenters. The maximum Gasteiger partial charge on any atom is 0.241 e. The third kappa shape index (κ3) is 3.49. The van der Waals surface area contributed by atoms with Crippen molar-refractivity contribution in [3.8, 4) is 0 Å². The topological polar surface area (TPSA) is 72.2 Å². The number of nitrogen functional groups attached to an aromatic ring is 1. The fraction of sp³-hybridized carbons (Fsp3) is 0.538. The number of hydrogen-bond donors (Lipinski definition) is 2. The van der Waals surface area contributed by atoms with Gasteiger partial charge in [-0.15, -0.1) is 0 Å². The largest absolute Gasteiger partial charge is 0.399 e. The highest BCUT2D eigenvalue weighted by molar-refractivity contribution is 9.10. The van der Waals surface area contributed by atoms with E-state index in [0.29, 0.717) is 16.7 Å². The highest BCUT2D eigenvalue weighted by atomic mass is 79.9. The molecule has 2 rings (SSSR count). The highest BCUT2D eigenvalue weighted by Crippen LogP contribution is 2.37. The van der Waals surface area contributed by atoms with Gasteiger partial charge in [0.15, 0.2) is 0 Å². The van der Waals surface area contributed by atoms with Gasteiger partial charge in [-0.1, -0.05) is 19.8 Å². The Kier molecular flexibility index (Phi) is 4.23. The Hall–Kier alpha value is -0.590. The summed E-state index contributed by atoms with van der Waals surface area (Å²) in [4.78, 5) is 0.203. The van der Waals surface area contributed by atoms with Crippen LogP contribution in [-0.2, 0) is 10.0 Å². The van der Waals surface area contributed by atoms with Crippen LogP contribution in [0.3, 0.4) is 0 Å². The standard InChI is InChI=1S/C13H19BrN2O2S/c1-13(6-2-3-7-13)9-16-19(17,18)12-8-10(15)4-5-11(12)14/h4-5,8,16H,2-3,6-7,9,15H2,1H3. The van der Waals surface area contributed by atoms with Crippen molar-refractivity contribution in [2.24, 2.45) is 5.41 Å². The summed E-state index contributed by atoms with van der Waals surface area (Å²) in [5.74, 6) is 0. The van der Waals surface area contributed by atoms with Gasteiger partial charge in [0, 0.05) is 16.7 Å². The van der Waals surface area contributed by atoms with E-state index < -0.39 is 10.0 Å². The van der Waals surface area contributed by atoms with Gasteiger partial charge in [-0.3, -0.25) is 0 Å². The highest BCUT2D eigenvalue weighted by Gasteiger charge is 2.30. The molecule has 6 heteroatoms. The van der Waals surface area contributed by atoms with Crippen molar-refractivity contribution in [2.75, 3.05) is 12.3 Å². The van der Waals surface area contributed by atoms with Crippen molar-refractivity contribution in [1.82, 2.24) is 4.72 Å². The smallest absolute Gasteiger partial charge is 0.241 e. The summed E-state index contributed by atoms with van der Waals surface area (Å²) in [6, 6.07) is 4.80. The first-order valence-corrected chi connectivity index (χ1v) is 8.65. The van der Waals surface area contributed by atoms with E-state index in [-0.39, 0.29) is 10.3 Å². The first-order chi connectivity index (χ1) is 8.82. The Balaban J connectivity index is 2.16. The van der Waals surface area contributed by atoms with E-state index in [1.807, 2.05) is 0 Å². The van der Waals surface area contributed by atoms with Gasteiger partial charge >= 0.3 is 0 Å².